The van der Waals surface area contributed by atoms with E-state index in [0.29, 0.717) is 0 Å². The molecule has 1 heterocycles. The average molecular weight is 256 g/mol. The van der Waals surface area contributed by atoms with Crippen LogP contribution in [-0.2, 0) is 6.54 Å². The molecule has 19 heavy (non-hydrogen) atoms. The van der Waals surface area contributed by atoms with Crippen molar-refractivity contribution in [2.24, 2.45) is 0 Å². The van der Waals surface area contributed by atoms with E-state index in [0.717, 1.165) is 31.7 Å². The minimum Gasteiger partial charge on any atom is -0.375 e. The molecule has 0 aliphatic heterocycles. The molecule has 0 saturated carbocycles. The molecule has 0 atom stereocenters. The first-order chi connectivity index (χ1) is 9.36. The number of benzene rings is 1. The van der Waals surface area contributed by atoms with Crippen LogP contribution in [0.3, 0.4) is 0 Å². The first-order valence-corrected chi connectivity index (χ1v) is 6.58. The zero-order chi connectivity index (χ0) is 13.3. The number of nitrogens with zero attached hydrogens (tertiary/aromatic N) is 3. The summed E-state index contributed by atoms with van der Waals surface area (Å²) in [4.78, 5) is 10.5. The van der Waals surface area contributed by atoms with Crippen LogP contribution in [-0.4, -0.2) is 30.1 Å². The van der Waals surface area contributed by atoms with Crippen molar-refractivity contribution in [3.8, 4) is 0 Å². The second-order valence-electron chi connectivity index (χ2n) is 4.48. The first kappa shape index (κ1) is 13.5. The SMILES string of the molecule is CN(CCCNCc1cnccn1)c1ccccc1. The van der Waals surface area contributed by atoms with Crippen LogP contribution in [0.2, 0.25) is 0 Å². The zero-order valence-corrected chi connectivity index (χ0v) is 11.3. The summed E-state index contributed by atoms with van der Waals surface area (Å²) in [6.07, 6.45) is 6.31. The van der Waals surface area contributed by atoms with E-state index in [-0.39, 0.29) is 0 Å². The molecule has 0 radical (unpaired) electrons. The van der Waals surface area contributed by atoms with Crippen LogP contribution in [0.15, 0.2) is 48.9 Å². The van der Waals surface area contributed by atoms with Gasteiger partial charge >= 0.3 is 0 Å². The highest BCUT2D eigenvalue weighted by molar-refractivity contribution is 5.44. The van der Waals surface area contributed by atoms with Crippen LogP contribution in [0.25, 0.3) is 0 Å². The summed E-state index contributed by atoms with van der Waals surface area (Å²) < 4.78 is 0. The van der Waals surface area contributed by atoms with Crippen LogP contribution >= 0.6 is 0 Å². The number of hydrogen-bond donors (Lipinski definition) is 1. The third-order valence-electron chi connectivity index (χ3n) is 2.97. The van der Waals surface area contributed by atoms with Gasteiger partial charge in [-0.05, 0) is 25.1 Å². The minimum absolute atomic E-state index is 0.781. The Hall–Kier alpha value is -1.94. The fraction of sp³-hybridized carbons (Fsp3) is 0.333. The first-order valence-electron chi connectivity index (χ1n) is 6.58. The molecule has 1 aromatic carbocycles. The third kappa shape index (κ3) is 4.67. The number of para-hydroxylation sites is 1. The number of aromatic nitrogens is 2. The van der Waals surface area contributed by atoms with Crippen molar-refractivity contribution in [2.45, 2.75) is 13.0 Å². The zero-order valence-electron chi connectivity index (χ0n) is 11.3. The Labute approximate surface area is 114 Å². The lowest BCUT2D eigenvalue weighted by atomic mass is 10.3. The molecular formula is C15H20N4. The topological polar surface area (TPSA) is 41.0 Å². The molecule has 0 spiro atoms. The van der Waals surface area contributed by atoms with Crippen molar-refractivity contribution in [3.05, 3.63) is 54.6 Å². The van der Waals surface area contributed by atoms with Gasteiger partial charge in [-0.1, -0.05) is 18.2 Å². The third-order valence-corrected chi connectivity index (χ3v) is 2.97. The smallest absolute Gasteiger partial charge is 0.0724 e. The molecule has 4 heteroatoms. The molecule has 4 nitrogen and oxygen atoms in total. The maximum Gasteiger partial charge on any atom is 0.0724 e. The van der Waals surface area contributed by atoms with Gasteiger partial charge in [-0.3, -0.25) is 9.97 Å². The molecule has 0 saturated heterocycles. The molecule has 0 amide bonds. The monoisotopic (exact) mass is 256 g/mol. The highest BCUT2D eigenvalue weighted by Gasteiger charge is 1.99. The number of hydrogen-bond acceptors (Lipinski definition) is 4. The van der Waals surface area contributed by atoms with Crippen LogP contribution < -0.4 is 10.2 Å². The lowest BCUT2D eigenvalue weighted by Gasteiger charge is -2.19. The summed E-state index contributed by atoms with van der Waals surface area (Å²) in [6, 6.07) is 10.4. The van der Waals surface area contributed by atoms with Gasteiger partial charge in [-0.15, -0.1) is 0 Å². The second-order valence-corrected chi connectivity index (χ2v) is 4.48. The fourth-order valence-corrected chi connectivity index (χ4v) is 1.89. The van der Waals surface area contributed by atoms with Crippen LogP contribution in [0.5, 0.6) is 0 Å². The minimum atomic E-state index is 0.781. The Morgan fingerprint density at radius 3 is 2.74 bits per heavy atom. The molecular weight excluding hydrogens is 236 g/mol. The number of rotatable bonds is 7. The van der Waals surface area contributed by atoms with E-state index in [1.807, 2.05) is 6.07 Å². The maximum absolute atomic E-state index is 4.22. The maximum atomic E-state index is 4.22. The van der Waals surface area contributed by atoms with Crippen LogP contribution in [0.4, 0.5) is 5.69 Å². The van der Waals surface area contributed by atoms with Gasteiger partial charge in [0.05, 0.1) is 5.69 Å². The highest BCUT2D eigenvalue weighted by atomic mass is 15.1. The lowest BCUT2D eigenvalue weighted by molar-refractivity contribution is 0.636. The van der Waals surface area contributed by atoms with Crippen molar-refractivity contribution in [3.63, 3.8) is 0 Å². The summed E-state index contributed by atoms with van der Waals surface area (Å²) in [5.41, 5.74) is 2.25. The van der Waals surface area contributed by atoms with Crippen molar-refractivity contribution < 1.29 is 0 Å². The van der Waals surface area contributed by atoms with Crippen LogP contribution in [0, 0.1) is 0 Å². The molecule has 0 fully saturated rings. The van der Waals surface area contributed by atoms with Gasteiger partial charge in [0.2, 0.25) is 0 Å². The van der Waals surface area contributed by atoms with E-state index < -0.39 is 0 Å². The van der Waals surface area contributed by atoms with E-state index in [4.69, 9.17) is 0 Å². The molecule has 2 aromatic rings. The molecule has 0 aliphatic carbocycles. The summed E-state index contributed by atoms with van der Waals surface area (Å²) in [5.74, 6) is 0. The van der Waals surface area contributed by atoms with Gasteiger partial charge in [0.15, 0.2) is 0 Å². The van der Waals surface area contributed by atoms with Crippen molar-refractivity contribution in [1.82, 2.24) is 15.3 Å². The van der Waals surface area contributed by atoms with Crippen molar-refractivity contribution in [1.29, 1.82) is 0 Å². The molecule has 100 valence electrons. The number of anilines is 1. The normalized spacial score (nSPS) is 10.4. The van der Waals surface area contributed by atoms with Gasteiger partial charge < -0.3 is 10.2 Å². The quantitative estimate of drug-likeness (QED) is 0.770. The summed E-state index contributed by atoms with van der Waals surface area (Å²) in [5, 5.41) is 3.38. The molecule has 0 aliphatic rings. The predicted molar refractivity (Wildman–Crippen MR) is 78.1 cm³/mol. The van der Waals surface area contributed by atoms with Gasteiger partial charge in [-0.25, -0.2) is 0 Å². The largest absolute Gasteiger partial charge is 0.375 e. The van der Waals surface area contributed by atoms with Crippen molar-refractivity contribution >= 4 is 5.69 Å². The highest BCUT2D eigenvalue weighted by Crippen LogP contribution is 2.10. The fourth-order valence-electron chi connectivity index (χ4n) is 1.89. The summed E-state index contributed by atoms with van der Waals surface area (Å²) in [7, 11) is 2.12. The van der Waals surface area contributed by atoms with Gasteiger partial charge in [0, 0.05) is 44.4 Å². The Balaban J connectivity index is 1.62. The average Bonchev–Trinajstić information content (AvgIpc) is 2.49. The molecule has 1 N–H and O–H groups in total. The standard InChI is InChI=1S/C15H20N4/c1-19(15-6-3-2-4-7-15)11-5-8-16-12-14-13-17-9-10-18-14/h2-4,6-7,9-10,13,16H,5,8,11-12H2,1H3. The lowest BCUT2D eigenvalue weighted by Crippen LogP contribution is -2.23. The summed E-state index contributed by atoms with van der Waals surface area (Å²) in [6.45, 7) is 2.80. The Morgan fingerprint density at radius 1 is 1.16 bits per heavy atom. The molecule has 2 rings (SSSR count). The van der Waals surface area contributed by atoms with Crippen molar-refractivity contribution in [2.75, 3.05) is 25.0 Å². The summed E-state index contributed by atoms with van der Waals surface area (Å²) >= 11 is 0. The number of nitrogens with one attached hydrogen (secondary N) is 1. The molecule has 1 aromatic heterocycles. The van der Waals surface area contributed by atoms with Gasteiger partial charge in [0.25, 0.3) is 0 Å². The Morgan fingerprint density at radius 2 is 2.00 bits per heavy atom. The van der Waals surface area contributed by atoms with Gasteiger partial charge in [-0.2, -0.15) is 0 Å². The van der Waals surface area contributed by atoms with E-state index in [9.17, 15) is 0 Å². The molecule has 0 bridgehead atoms. The van der Waals surface area contributed by atoms with E-state index in [2.05, 4.69) is 51.5 Å². The van der Waals surface area contributed by atoms with E-state index in [1.54, 1.807) is 18.6 Å². The van der Waals surface area contributed by atoms with Gasteiger partial charge in [0.1, 0.15) is 0 Å². The van der Waals surface area contributed by atoms with E-state index in [1.165, 1.54) is 5.69 Å². The second kappa shape index (κ2) is 7.48. The molecule has 0 unspecified atom stereocenters. The Bertz CT molecular complexity index is 458. The Kier molecular flexibility index (Phi) is 5.31. The van der Waals surface area contributed by atoms with Crippen LogP contribution in [0.1, 0.15) is 12.1 Å². The van der Waals surface area contributed by atoms with E-state index >= 15 is 0 Å². The predicted octanol–water partition coefficient (Wildman–Crippen LogP) is 2.09.